The number of ether oxygens (including phenoxy) is 1. The van der Waals surface area contributed by atoms with Crippen LogP contribution in [0.15, 0.2) is 53.7 Å². The van der Waals surface area contributed by atoms with Crippen LogP contribution in [0.1, 0.15) is 34.7 Å². The molecule has 3 aromatic rings. The van der Waals surface area contributed by atoms with Gasteiger partial charge in [-0.15, -0.1) is 10.2 Å². The molecule has 32 heavy (non-hydrogen) atoms. The van der Waals surface area contributed by atoms with Gasteiger partial charge in [0.15, 0.2) is 11.0 Å². The second-order valence-corrected chi connectivity index (χ2v) is 7.64. The molecule has 0 radical (unpaired) electrons. The summed E-state index contributed by atoms with van der Waals surface area (Å²) in [4.78, 5) is 23.4. The lowest BCUT2D eigenvalue weighted by atomic mass is 10.2. The maximum Gasteiger partial charge on any atom is 0.273 e. The van der Waals surface area contributed by atoms with E-state index < -0.39 is 11.0 Å². The van der Waals surface area contributed by atoms with E-state index in [0.29, 0.717) is 40.2 Å². The van der Waals surface area contributed by atoms with Crippen LogP contribution in [0.25, 0.3) is 0 Å². The molecule has 2 N–H and O–H groups in total. The van der Waals surface area contributed by atoms with Gasteiger partial charge in [0.2, 0.25) is 0 Å². The molecule has 0 bridgehead atoms. The number of nitrogens with zero attached hydrogens (tertiary/aromatic N) is 4. The molecule has 0 fully saturated rings. The molecule has 1 unspecified atom stereocenters. The van der Waals surface area contributed by atoms with Gasteiger partial charge in [-0.05, 0) is 31.2 Å². The Morgan fingerprint density at radius 1 is 1.25 bits per heavy atom. The van der Waals surface area contributed by atoms with Crippen LogP contribution in [0.4, 0.5) is 5.69 Å². The number of nitro benzene ring substituents is 1. The Morgan fingerprint density at radius 3 is 2.59 bits per heavy atom. The van der Waals surface area contributed by atoms with Crippen molar-refractivity contribution in [3.8, 4) is 5.75 Å². The van der Waals surface area contributed by atoms with Gasteiger partial charge in [0, 0.05) is 29.5 Å². The molecule has 168 valence electrons. The molecule has 1 heterocycles. The molecule has 0 aliphatic carbocycles. The van der Waals surface area contributed by atoms with E-state index in [1.54, 1.807) is 54.1 Å². The predicted molar refractivity (Wildman–Crippen MR) is 119 cm³/mol. The van der Waals surface area contributed by atoms with Gasteiger partial charge in [0.25, 0.3) is 11.6 Å². The first kappa shape index (κ1) is 23.2. The monoisotopic (exact) mass is 457 g/mol. The van der Waals surface area contributed by atoms with Crippen LogP contribution in [-0.4, -0.2) is 44.4 Å². The molecule has 0 aliphatic rings. The van der Waals surface area contributed by atoms with E-state index in [9.17, 15) is 20.0 Å². The van der Waals surface area contributed by atoms with Crippen molar-refractivity contribution in [1.29, 1.82) is 0 Å². The second-order valence-electron chi connectivity index (χ2n) is 6.70. The number of aliphatic hydroxyl groups excluding tert-OH is 1. The molecule has 0 aliphatic heterocycles. The normalized spacial score (nSPS) is 11.7. The summed E-state index contributed by atoms with van der Waals surface area (Å²) in [5.74, 6) is 0.997. The fourth-order valence-electron chi connectivity index (χ4n) is 3.09. The summed E-state index contributed by atoms with van der Waals surface area (Å²) >= 11 is 1.30. The standard InChI is InChI=1S/C21H23N5O5S/c1-3-25-19(17(12-27)22-20(28)14-8-10-16(31-2)11-9-14)23-24-21(25)32-13-15-6-4-5-7-18(15)26(29)30/h4-11,17,27H,3,12-13H2,1-2H3,(H,22,28). The quantitative estimate of drug-likeness (QED) is 0.270. The number of hydrogen-bond donors (Lipinski definition) is 2. The van der Waals surface area contributed by atoms with Crippen LogP contribution < -0.4 is 10.1 Å². The van der Waals surface area contributed by atoms with Gasteiger partial charge >= 0.3 is 0 Å². The molecular weight excluding hydrogens is 434 g/mol. The fraction of sp³-hybridized carbons (Fsp3) is 0.286. The molecule has 10 nitrogen and oxygen atoms in total. The number of carbonyl (C=O) groups excluding carboxylic acids is 1. The summed E-state index contributed by atoms with van der Waals surface area (Å²) in [6.45, 7) is 2.02. The Balaban J connectivity index is 1.76. The number of thioether (sulfide) groups is 1. The van der Waals surface area contributed by atoms with Crippen molar-refractivity contribution in [1.82, 2.24) is 20.1 Å². The Kier molecular flexibility index (Phi) is 7.79. The van der Waals surface area contributed by atoms with Gasteiger partial charge in [-0.2, -0.15) is 0 Å². The van der Waals surface area contributed by atoms with Crippen LogP contribution in [0.3, 0.4) is 0 Å². The molecule has 0 spiro atoms. The number of carbonyl (C=O) groups is 1. The number of methoxy groups -OCH3 is 1. The Labute approximate surface area is 188 Å². The Hall–Kier alpha value is -3.44. The fourth-order valence-corrected chi connectivity index (χ4v) is 4.10. The first-order valence-electron chi connectivity index (χ1n) is 9.82. The zero-order valence-electron chi connectivity index (χ0n) is 17.6. The minimum absolute atomic E-state index is 0.0442. The zero-order valence-corrected chi connectivity index (χ0v) is 18.4. The third-order valence-electron chi connectivity index (χ3n) is 4.76. The SMILES string of the molecule is CCn1c(SCc2ccccc2[N+](=O)[O-])nnc1C(CO)NC(=O)c1ccc(OC)cc1. The van der Waals surface area contributed by atoms with E-state index in [2.05, 4.69) is 15.5 Å². The third kappa shape index (κ3) is 5.24. The molecular formula is C21H23N5O5S. The number of amides is 1. The second kappa shape index (κ2) is 10.7. The Bertz CT molecular complexity index is 1090. The highest BCUT2D eigenvalue weighted by molar-refractivity contribution is 7.98. The number of para-hydroxylation sites is 1. The van der Waals surface area contributed by atoms with Crippen LogP contribution in [0.5, 0.6) is 5.75 Å². The molecule has 1 atom stereocenters. The molecule has 0 saturated carbocycles. The highest BCUT2D eigenvalue weighted by Crippen LogP contribution is 2.28. The van der Waals surface area contributed by atoms with Crippen molar-refractivity contribution in [2.45, 2.75) is 30.4 Å². The number of hydrogen-bond acceptors (Lipinski definition) is 8. The summed E-state index contributed by atoms with van der Waals surface area (Å²) in [6, 6.07) is 12.4. The van der Waals surface area contributed by atoms with Crippen LogP contribution >= 0.6 is 11.8 Å². The Morgan fingerprint density at radius 2 is 1.97 bits per heavy atom. The van der Waals surface area contributed by atoms with E-state index >= 15 is 0 Å². The summed E-state index contributed by atoms with van der Waals surface area (Å²) in [6.07, 6.45) is 0. The average Bonchev–Trinajstić information content (AvgIpc) is 3.23. The van der Waals surface area contributed by atoms with Crippen molar-refractivity contribution in [2.75, 3.05) is 13.7 Å². The summed E-state index contributed by atoms with van der Waals surface area (Å²) < 4.78 is 6.87. The van der Waals surface area contributed by atoms with E-state index in [0.717, 1.165) is 0 Å². The van der Waals surface area contributed by atoms with E-state index in [1.807, 2.05) is 6.92 Å². The summed E-state index contributed by atoms with van der Waals surface area (Å²) in [5, 5.41) is 32.8. The van der Waals surface area contributed by atoms with E-state index in [-0.39, 0.29) is 18.2 Å². The number of nitrogens with one attached hydrogen (secondary N) is 1. The molecule has 3 rings (SSSR count). The molecule has 0 saturated heterocycles. The average molecular weight is 458 g/mol. The number of rotatable bonds is 10. The van der Waals surface area contributed by atoms with Crippen LogP contribution in [-0.2, 0) is 12.3 Å². The van der Waals surface area contributed by atoms with Crippen molar-refractivity contribution in [2.24, 2.45) is 0 Å². The van der Waals surface area contributed by atoms with E-state index in [4.69, 9.17) is 4.74 Å². The number of nitro groups is 1. The smallest absolute Gasteiger partial charge is 0.273 e. The lowest BCUT2D eigenvalue weighted by Gasteiger charge is -2.17. The van der Waals surface area contributed by atoms with Gasteiger partial charge in [0.1, 0.15) is 11.8 Å². The molecule has 2 aromatic carbocycles. The number of aromatic nitrogens is 3. The molecule has 11 heteroatoms. The predicted octanol–water partition coefficient (Wildman–Crippen LogP) is 2.97. The third-order valence-corrected chi connectivity index (χ3v) is 5.77. The minimum Gasteiger partial charge on any atom is -0.497 e. The number of aliphatic hydroxyl groups is 1. The molecule has 1 aromatic heterocycles. The zero-order chi connectivity index (χ0) is 23.1. The highest BCUT2D eigenvalue weighted by Gasteiger charge is 2.23. The van der Waals surface area contributed by atoms with Gasteiger partial charge < -0.3 is 19.7 Å². The first-order chi connectivity index (χ1) is 15.5. The molecule has 1 amide bonds. The summed E-state index contributed by atoms with van der Waals surface area (Å²) in [5.41, 5.74) is 1.03. The van der Waals surface area contributed by atoms with Crippen molar-refractivity contribution in [3.05, 3.63) is 75.6 Å². The van der Waals surface area contributed by atoms with Crippen LogP contribution in [0, 0.1) is 10.1 Å². The summed E-state index contributed by atoms with van der Waals surface area (Å²) in [7, 11) is 1.54. The van der Waals surface area contributed by atoms with Gasteiger partial charge in [-0.25, -0.2) is 0 Å². The maximum absolute atomic E-state index is 12.6. The van der Waals surface area contributed by atoms with Gasteiger partial charge in [-0.1, -0.05) is 30.0 Å². The van der Waals surface area contributed by atoms with Crippen molar-refractivity contribution >= 4 is 23.4 Å². The van der Waals surface area contributed by atoms with Crippen molar-refractivity contribution in [3.63, 3.8) is 0 Å². The lowest BCUT2D eigenvalue weighted by molar-refractivity contribution is -0.385. The van der Waals surface area contributed by atoms with E-state index in [1.165, 1.54) is 17.8 Å². The van der Waals surface area contributed by atoms with Gasteiger partial charge in [-0.3, -0.25) is 14.9 Å². The topological polar surface area (TPSA) is 132 Å². The first-order valence-corrected chi connectivity index (χ1v) is 10.8. The van der Waals surface area contributed by atoms with Crippen LogP contribution in [0.2, 0.25) is 0 Å². The van der Waals surface area contributed by atoms with Crippen molar-refractivity contribution < 1.29 is 19.6 Å². The maximum atomic E-state index is 12.6. The highest BCUT2D eigenvalue weighted by atomic mass is 32.2. The lowest BCUT2D eigenvalue weighted by Crippen LogP contribution is -2.32. The minimum atomic E-state index is -0.766. The number of benzene rings is 2. The largest absolute Gasteiger partial charge is 0.497 e. The van der Waals surface area contributed by atoms with Gasteiger partial charge in [0.05, 0.1) is 18.6 Å².